The van der Waals surface area contributed by atoms with Crippen LogP contribution in [-0.2, 0) is 4.79 Å². The van der Waals surface area contributed by atoms with Crippen LogP contribution in [0.5, 0.6) is 0 Å². The van der Waals surface area contributed by atoms with E-state index >= 15 is 0 Å². The molecule has 0 spiro atoms. The third kappa shape index (κ3) is 5.89. The summed E-state index contributed by atoms with van der Waals surface area (Å²) in [6, 6.07) is 7.49. The van der Waals surface area contributed by atoms with E-state index in [0.717, 1.165) is 24.1 Å². The molecule has 1 fully saturated rings. The average molecular weight is 567 g/mol. The Bertz CT molecular complexity index is 1660. The number of benzene rings is 1. The number of fused-ring (bicyclic) bond motifs is 1. The van der Waals surface area contributed by atoms with E-state index in [4.69, 9.17) is 10.7 Å². The number of likely N-dealkylation sites (tertiary alicyclic amines) is 1. The smallest absolute Gasteiger partial charge is 0.257 e. The van der Waals surface area contributed by atoms with Crippen LogP contribution in [0.4, 0.5) is 11.5 Å². The zero-order chi connectivity index (χ0) is 30.0. The second kappa shape index (κ2) is 12.1. The Hall–Kier alpha value is -4.57. The fourth-order valence-electron chi connectivity index (χ4n) is 5.58. The van der Waals surface area contributed by atoms with Crippen LogP contribution in [0, 0.1) is 6.92 Å². The Morgan fingerprint density at radius 2 is 2.02 bits per heavy atom. The van der Waals surface area contributed by atoms with E-state index in [-0.39, 0.29) is 17.9 Å². The van der Waals surface area contributed by atoms with Crippen LogP contribution in [0.25, 0.3) is 16.8 Å². The number of amides is 2. The normalized spacial score (nSPS) is 15.4. The molecule has 1 aromatic carbocycles. The molecule has 1 aliphatic rings. The SMILES string of the molecule is Cc1cc(NC(=O)c2cncc(-c3nc([C@@H]4CCCN4C(=O)/C=C/CN(C)C)n4ccnc(N)c34)c2)ccc1C(C)C. The third-order valence-corrected chi connectivity index (χ3v) is 7.60. The summed E-state index contributed by atoms with van der Waals surface area (Å²) in [5.41, 5.74) is 11.7. The van der Waals surface area contributed by atoms with Crippen molar-refractivity contribution in [2.75, 3.05) is 38.2 Å². The van der Waals surface area contributed by atoms with Crippen LogP contribution in [0.1, 0.15) is 66.0 Å². The van der Waals surface area contributed by atoms with Gasteiger partial charge in [0.25, 0.3) is 5.91 Å². The van der Waals surface area contributed by atoms with Crippen LogP contribution in [0.15, 0.2) is 61.2 Å². The fourth-order valence-corrected chi connectivity index (χ4v) is 5.58. The Labute approximate surface area is 246 Å². The molecule has 5 rings (SSSR count). The van der Waals surface area contributed by atoms with Gasteiger partial charge in [-0.3, -0.25) is 19.0 Å². The number of nitrogens with two attached hydrogens (primary N) is 1. The Kier molecular flexibility index (Phi) is 8.35. The van der Waals surface area contributed by atoms with Crippen molar-refractivity contribution in [1.29, 1.82) is 0 Å². The number of hydrogen-bond acceptors (Lipinski definition) is 7. The van der Waals surface area contributed by atoms with Gasteiger partial charge in [0, 0.05) is 55.2 Å². The minimum absolute atomic E-state index is 0.0447. The number of anilines is 2. The minimum atomic E-state index is -0.270. The number of pyridine rings is 1. The molecular weight excluding hydrogens is 528 g/mol. The van der Waals surface area contributed by atoms with E-state index in [1.54, 1.807) is 24.5 Å². The molecule has 42 heavy (non-hydrogen) atoms. The maximum atomic E-state index is 13.3. The molecule has 10 heteroatoms. The summed E-state index contributed by atoms with van der Waals surface area (Å²) < 4.78 is 1.91. The highest BCUT2D eigenvalue weighted by Crippen LogP contribution is 2.36. The highest BCUT2D eigenvalue weighted by Gasteiger charge is 2.33. The van der Waals surface area contributed by atoms with E-state index < -0.39 is 0 Å². The second-order valence-corrected chi connectivity index (χ2v) is 11.3. The summed E-state index contributed by atoms with van der Waals surface area (Å²) in [5.74, 6) is 1.10. The van der Waals surface area contributed by atoms with Crippen molar-refractivity contribution in [2.45, 2.75) is 45.6 Å². The van der Waals surface area contributed by atoms with Crippen molar-refractivity contribution in [2.24, 2.45) is 0 Å². The lowest BCUT2D eigenvalue weighted by molar-refractivity contribution is -0.127. The zero-order valence-electron chi connectivity index (χ0n) is 24.8. The van der Waals surface area contributed by atoms with Crippen molar-refractivity contribution < 1.29 is 9.59 Å². The van der Waals surface area contributed by atoms with Crippen molar-refractivity contribution in [3.63, 3.8) is 0 Å². The number of likely N-dealkylation sites (N-methyl/N-ethyl adjacent to an activating group) is 1. The van der Waals surface area contributed by atoms with Crippen molar-refractivity contribution >= 4 is 28.8 Å². The predicted octanol–water partition coefficient (Wildman–Crippen LogP) is 4.84. The lowest BCUT2D eigenvalue weighted by Crippen LogP contribution is -2.30. The molecule has 0 saturated carbocycles. The number of hydrogen-bond donors (Lipinski definition) is 2. The van der Waals surface area contributed by atoms with Gasteiger partial charge in [-0.25, -0.2) is 9.97 Å². The first-order valence-electron chi connectivity index (χ1n) is 14.3. The van der Waals surface area contributed by atoms with Crippen LogP contribution in [0.2, 0.25) is 0 Å². The quantitative estimate of drug-likeness (QED) is 0.293. The summed E-state index contributed by atoms with van der Waals surface area (Å²) in [4.78, 5) is 43.9. The topological polar surface area (TPSA) is 122 Å². The van der Waals surface area contributed by atoms with E-state index in [0.29, 0.717) is 53.0 Å². The highest BCUT2D eigenvalue weighted by atomic mass is 16.2. The summed E-state index contributed by atoms with van der Waals surface area (Å²) in [6.07, 6.45) is 11.8. The third-order valence-electron chi connectivity index (χ3n) is 7.60. The number of carbonyl (C=O) groups excluding carboxylic acids is 2. The molecule has 218 valence electrons. The van der Waals surface area contributed by atoms with Gasteiger partial charge in [-0.15, -0.1) is 0 Å². The number of rotatable bonds is 8. The first-order chi connectivity index (χ1) is 20.1. The molecule has 1 aliphatic heterocycles. The largest absolute Gasteiger partial charge is 0.382 e. The Morgan fingerprint density at radius 3 is 2.76 bits per heavy atom. The van der Waals surface area contributed by atoms with Gasteiger partial charge in [0.1, 0.15) is 22.9 Å². The van der Waals surface area contributed by atoms with Crippen LogP contribution in [-0.4, -0.2) is 68.2 Å². The molecule has 3 aromatic heterocycles. The fraction of sp³-hybridized carbons (Fsp3) is 0.344. The average Bonchev–Trinajstić information content (AvgIpc) is 3.58. The molecule has 1 saturated heterocycles. The molecule has 0 bridgehead atoms. The van der Waals surface area contributed by atoms with Gasteiger partial charge in [0.05, 0.1) is 11.6 Å². The number of nitrogen functional groups attached to an aromatic ring is 1. The van der Waals surface area contributed by atoms with Gasteiger partial charge in [0.2, 0.25) is 5.91 Å². The standard InChI is InChI=1S/C32H38N8O2/c1-20(2)25-11-10-24(16-21(25)3)36-32(42)23-17-22(18-34-19-23)28-29-30(33)35-12-15-40(29)31(37-28)26-8-6-14-39(26)27(41)9-7-13-38(4)5/h7,9-12,15-20,26H,6,8,13-14H2,1-5H3,(H2,33,35)(H,36,42)/b9-7+/t26-/m0/s1. The number of carbonyl (C=O) groups is 2. The van der Waals surface area contributed by atoms with Crippen LogP contribution < -0.4 is 11.1 Å². The molecule has 1 atom stereocenters. The number of nitrogens with zero attached hydrogens (tertiary/aromatic N) is 6. The first kappa shape index (κ1) is 28.9. The van der Waals surface area contributed by atoms with E-state index in [9.17, 15) is 9.59 Å². The molecule has 10 nitrogen and oxygen atoms in total. The summed E-state index contributed by atoms with van der Waals surface area (Å²) in [5, 5.41) is 2.99. The van der Waals surface area contributed by atoms with Gasteiger partial charge in [-0.2, -0.15) is 0 Å². The van der Waals surface area contributed by atoms with Crippen molar-refractivity contribution in [3.8, 4) is 11.3 Å². The maximum Gasteiger partial charge on any atom is 0.257 e. The number of nitrogens with one attached hydrogen (secondary N) is 1. The molecule has 2 amide bonds. The van der Waals surface area contributed by atoms with Gasteiger partial charge in [0.15, 0.2) is 0 Å². The van der Waals surface area contributed by atoms with Gasteiger partial charge < -0.3 is 20.9 Å². The van der Waals surface area contributed by atoms with Gasteiger partial charge in [-0.1, -0.05) is 26.0 Å². The molecule has 4 aromatic rings. The summed E-state index contributed by atoms with van der Waals surface area (Å²) in [6.45, 7) is 7.68. The second-order valence-electron chi connectivity index (χ2n) is 11.3. The Balaban J connectivity index is 1.47. The molecule has 0 unspecified atom stereocenters. The summed E-state index contributed by atoms with van der Waals surface area (Å²) in [7, 11) is 3.92. The minimum Gasteiger partial charge on any atom is -0.382 e. The molecule has 0 radical (unpaired) electrons. The number of aryl methyl sites for hydroxylation is 1. The lowest BCUT2D eigenvalue weighted by atomic mass is 9.97. The first-order valence-corrected chi connectivity index (χ1v) is 14.3. The van der Waals surface area contributed by atoms with Gasteiger partial charge in [-0.05, 0) is 69.1 Å². The van der Waals surface area contributed by atoms with Crippen LogP contribution >= 0.6 is 0 Å². The molecule has 4 heterocycles. The lowest BCUT2D eigenvalue weighted by Gasteiger charge is -2.22. The molecule has 0 aliphatic carbocycles. The van der Waals surface area contributed by atoms with Gasteiger partial charge >= 0.3 is 0 Å². The van der Waals surface area contributed by atoms with E-state index in [1.807, 2.05) is 65.7 Å². The predicted molar refractivity (Wildman–Crippen MR) is 165 cm³/mol. The highest BCUT2D eigenvalue weighted by molar-refractivity contribution is 6.05. The number of imidazole rings is 1. The monoisotopic (exact) mass is 566 g/mol. The van der Waals surface area contributed by atoms with E-state index in [2.05, 4.69) is 29.1 Å². The zero-order valence-corrected chi connectivity index (χ0v) is 24.8. The number of aromatic nitrogens is 4. The van der Waals surface area contributed by atoms with Crippen LogP contribution in [0.3, 0.4) is 0 Å². The van der Waals surface area contributed by atoms with E-state index in [1.165, 1.54) is 11.8 Å². The molecular formula is C32H38N8O2. The Morgan fingerprint density at radius 1 is 1.21 bits per heavy atom. The van der Waals surface area contributed by atoms with Crippen molar-refractivity contribution in [3.05, 3.63) is 83.7 Å². The summed E-state index contributed by atoms with van der Waals surface area (Å²) >= 11 is 0. The van der Waals surface area contributed by atoms with Crippen molar-refractivity contribution in [1.82, 2.24) is 29.2 Å². The maximum absolute atomic E-state index is 13.3. The molecule has 3 N–H and O–H groups in total.